The van der Waals surface area contributed by atoms with E-state index < -0.39 is 0 Å². The van der Waals surface area contributed by atoms with Gasteiger partial charge in [0.2, 0.25) is 5.91 Å². The van der Waals surface area contributed by atoms with Gasteiger partial charge in [0.05, 0.1) is 26.2 Å². The SMILES string of the molecule is COCCC(=O)N(CCO)Cc1ncc[nH]1. The third-order valence-electron chi connectivity index (χ3n) is 2.14. The van der Waals surface area contributed by atoms with Gasteiger partial charge in [0, 0.05) is 26.0 Å². The molecule has 0 aliphatic carbocycles. The van der Waals surface area contributed by atoms with Gasteiger partial charge in [-0.3, -0.25) is 4.79 Å². The summed E-state index contributed by atoms with van der Waals surface area (Å²) in [6.45, 7) is 1.03. The zero-order chi connectivity index (χ0) is 11.8. The molecule has 1 aromatic rings. The van der Waals surface area contributed by atoms with Crippen LogP contribution in [-0.4, -0.2) is 52.7 Å². The summed E-state index contributed by atoms with van der Waals surface area (Å²) < 4.78 is 4.84. The van der Waals surface area contributed by atoms with Crippen LogP contribution >= 0.6 is 0 Å². The van der Waals surface area contributed by atoms with E-state index >= 15 is 0 Å². The van der Waals surface area contributed by atoms with Gasteiger partial charge in [0.15, 0.2) is 0 Å². The Hall–Kier alpha value is -1.40. The van der Waals surface area contributed by atoms with E-state index in [1.165, 1.54) is 0 Å². The molecule has 0 aliphatic rings. The lowest BCUT2D eigenvalue weighted by Gasteiger charge is -2.20. The van der Waals surface area contributed by atoms with Gasteiger partial charge >= 0.3 is 0 Å². The molecule has 1 aromatic heterocycles. The fourth-order valence-corrected chi connectivity index (χ4v) is 1.33. The second-order valence-corrected chi connectivity index (χ2v) is 3.32. The molecule has 0 aliphatic heterocycles. The third-order valence-corrected chi connectivity index (χ3v) is 2.14. The van der Waals surface area contributed by atoms with E-state index in [1.54, 1.807) is 24.4 Å². The highest BCUT2D eigenvalue weighted by Gasteiger charge is 2.13. The smallest absolute Gasteiger partial charge is 0.225 e. The van der Waals surface area contributed by atoms with E-state index in [0.29, 0.717) is 31.9 Å². The Morgan fingerprint density at radius 3 is 3.06 bits per heavy atom. The summed E-state index contributed by atoms with van der Waals surface area (Å²) in [5.74, 6) is 0.659. The number of ether oxygens (including phenoxy) is 1. The number of rotatable bonds is 7. The predicted octanol–water partition coefficient (Wildman–Crippen LogP) is -0.233. The van der Waals surface area contributed by atoms with Gasteiger partial charge in [0.1, 0.15) is 5.82 Å². The molecule has 1 heterocycles. The van der Waals surface area contributed by atoms with Gasteiger partial charge < -0.3 is 19.7 Å². The summed E-state index contributed by atoms with van der Waals surface area (Å²) in [6, 6.07) is 0. The molecule has 0 fully saturated rings. The van der Waals surface area contributed by atoms with E-state index in [4.69, 9.17) is 9.84 Å². The van der Waals surface area contributed by atoms with Gasteiger partial charge in [-0.15, -0.1) is 0 Å². The summed E-state index contributed by atoms with van der Waals surface area (Å²) in [7, 11) is 1.55. The third kappa shape index (κ3) is 4.00. The van der Waals surface area contributed by atoms with Crippen LogP contribution in [0.1, 0.15) is 12.2 Å². The molecule has 2 N–H and O–H groups in total. The van der Waals surface area contributed by atoms with Crippen molar-refractivity contribution >= 4 is 5.91 Å². The largest absolute Gasteiger partial charge is 0.395 e. The van der Waals surface area contributed by atoms with Crippen LogP contribution in [0.3, 0.4) is 0 Å². The van der Waals surface area contributed by atoms with Gasteiger partial charge in [0.25, 0.3) is 0 Å². The molecule has 0 bridgehead atoms. The number of aromatic nitrogens is 2. The molecule has 0 radical (unpaired) electrons. The lowest BCUT2D eigenvalue weighted by molar-refractivity contribution is -0.133. The van der Waals surface area contributed by atoms with Crippen LogP contribution in [0.2, 0.25) is 0 Å². The first-order valence-corrected chi connectivity index (χ1v) is 5.13. The van der Waals surface area contributed by atoms with Crippen molar-refractivity contribution in [2.45, 2.75) is 13.0 Å². The molecule has 0 atom stereocenters. The van der Waals surface area contributed by atoms with E-state index in [-0.39, 0.29) is 12.5 Å². The van der Waals surface area contributed by atoms with Gasteiger partial charge in [-0.25, -0.2) is 4.98 Å². The maximum Gasteiger partial charge on any atom is 0.225 e. The Morgan fingerprint density at radius 2 is 2.50 bits per heavy atom. The van der Waals surface area contributed by atoms with Gasteiger partial charge in [-0.2, -0.15) is 0 Å². The number of aromatic amines is 1. The van der Waals surface area contributed by atoms with Crippen LogP contribution in [0.25, 0.3) is 0 Å². The normalized spacial score (nSPS) is 10.4. The number of nitrogens with one attached hydrogen (secondary N) is 1. The highest BCUT2D eigenvalue weighted by atomic mass is 16.5. The summed E-state index contributed by atoms with van der Waals surface area (Å²) in [6.07, 6.45) is 3.65. The maximum atomic E-state index is 11.7. The lowest BCUT2D eigenvalue weighted by Crippen LogP contribution is -2.34. The van der Waals surface area contributed by atoms with E-state index in [1.807, 2.05) is 0 Å². The Kier molecular flexibility index (Phi) is 5.52. The molecule has 1 amide bonds. The minimum atomic E-state index is -0.0561. The quantitative estimate of drug-likeness (QED) is 0.674. The molecule has 90 valence electrons. The average Bonchev–Trinajstić information content (AvgIpc) is 2.78. The minimum absolute atomic E-state index is 0.0488. The van der Waals surface area contributed by atoms with Crippen LogP contribution < -0.4 is 0 Å². The van der Waals surface area contributed by atoms with Crippen molar-refractivity contribution in [3.63, 3.8) is 0 Å². The maximum absolute atomic E-state index is 11.7. The van der Waals surface area contributed by atoms with Crippen molar-refractivity contribution in [3.8, 4) is 0 Å². The molecule has 6 nitrogen and oxygen atoms in total. The van der Waals surface area contributed by atoms with Crippen molar-refractivity contribution in [1.29, 1.82) is 0 Å². The standard InChI is InChI=1S/C10H17N3O3/c1-16-7-2-10(15)13(5-6-14)8-9-11-3-4-12-9/h3-4,14H,2,5-8H2,1H3,(H,11,12). The van der Waals surface area contributed by atoms with E-state index in [2.05, 4.69) is 9.97 Å². The molecule has 16 heavy (non-hydrogen) atoms. The number of amides is 1. The van der Waals surface area contributed by atoms with Crippen LogP contribution in [0.15, 0.2) is 12.4 Å². The number of hydrogen-bond donors (Lipinski definition) is 2. The number of H-pyrrole nitrogens is 1. The number of hydrogen-bond acceptors (Lipinski definition) is 4. The van der Waals surface area contributed by atoms with Crippen molar-refractivity contribution in [1.82, 2.24) is 14.9 Å². The molecule has 0 unspecified atom stereocenters. The summed E-state index contributed by atoms with van der Waals surface area (Å²) in [5.41, 5.74) is 0. The second kappa shape index (κ2) is 6.97. The minimum Gasteiger partial charge on any atom is -0.395 e. The van der Waals surface area contributed by atoms with Crippen molar-refractivity contribution in [2.24, 2.45) is 0 Å². The van der Waals surface area contributed by atoms with Crippen LogP contribution in [0.5, 0.6) is 0 Å². The highest BCUT2D eigenvalue weighted by molar-refractivity contribution is 5.76. The Bertz CT molecular complexity index is 300. The molecule has 0 aromatic carbocycles. The molecule has 6 heteroatoms. The second-order valence-electron chi connectivity index (χ2n) is 3.32. The molecule has 1 rings (SSSR count). The average molecular weight is 227 g/mol. The van der Waals surface area contributed by atoms with Crippen LogP contribution in [0.4, 0.5) is 0 Å². The molecule has 0 saturated carbocycles. The first kappa shape index (κ1) is 12.7. The van der Waals surface area contributed by atoms with E-state index in [9.17, 15) is 4.79 Å². The zero-order valence-corrected chi connectivity index (χ0v) is 9.35. The number of aliphatic hydroxyl groups excluding tert-OH is 1. The summed E-state index contributed by atoms with van der Waals surface area (Å²) >= 11 is 0. The fourth-order valence-electron chi connectivity index (χ4n) is 1.33. The van der Waals surface area contributed by atoms with Gasteiger partial charge in [-0.1, -0.05) is 0 Å². The topological polar surface area (TPSA) is 78.4 Å². The number of methoxy groups -OCH3 is 1. The molecular weight excluding hydrogens is 210 g/mol. The van der Waals surface area contributed by atoms with E-state index in [0.717, 1.165) is 0 Å². The number of nitrogens with zero attached hydrogens (tertiary/aromatic N) is 2. The Labute approximate surface area is 94.2 Å². The molecule has 0 spiro atoms. The number of carbonyl (C=O) groups is 1. The van der Waals surface area contributed by atoms with Crippen molar-refractivity contribution < 1.29 is 14.6 Å². The molecular formula is C10H17N3O3. The monoisotopic (exact) mass is 227 g/mol. The highest BCUT2D eigenvalue weighted by Crippen LogP contribution is 2.01. The number of imidazole rings is 1. The summed E-state index contributed by atoms with van der Waals surface area (Å²) in [5, 5.41) is 8.88. The van der Waals surface area contributed by atoms with Crippen molar-refractivity contribution in [3.05, 3.63) is 18.2 Å². The zero-order valence-electron chi connectivity index (χ0n) is 9.35. The molecule has 0 saturated heterocycles. The van der Waals surface area contributed by atoms with Gasteiger partial charge in [-0.05, 0) is 0 Å². The summed E-state index contributed by atoms with van der Waals surface area (Å²) in [4.78, 5) is 20.2. The Balaban J connectivity index is 2.49. The van der Waals surface area contributed by atoms with Crippen LogP contribution in [-0.2, 0) is 16.1 Å². The van der Waals surface area contributed by atoms with Crippen molar-refractivity contribution in [2.75, 3.05) is 26.9 Å². The number of carbonyl (C=O) groups excluding carboxylic acids is 1. The lowest BCUT2D eigenvalue weighted by atomic mass is 10.3. The predicted molar refractivity (Wildman–Crippen MR) is 57.6 cm³/mol. The first-order valence-electron chi connectivity index (χ1n) is 5.13. The fraction of sp³-hybridized carbons (Fsp3) is 0.600. The first-order chi connectivity index (χ1) is 7.77. The number of aliphatic hydroxyl groups is 1. The van der Waals surface area contributed by atoms with Crippen LogP contribution in [0, 0.1) is 0 Å². The Morgan fingerprint density at radius 1 is 1.69 bits per heavy atom.